The zero-order valence-electron chi connectivity index (χ0n) is 16.9. The van der Waals surface area contributed by atoms with Gasteiger partial charge in [-0.15, -0.1) is 0 Å². The lowest BCUT2D eigenvalue weighted by atomic mass is 10.1. The van der Waals surface area contributed by atoms with Crippen molar-refractivity contribution in [2.45, 2.75) is 17.2 Å². The van der Waals surface area contributed by atoms with Gasteiger partial charge in [0.2, 0.25) is 5.91 Å². The van der Waals surface area contributed by atoms with Crippen LogP contribution in [0, 0.1) is 11.6 Å². The second-order valence-corrected chi connectivity index (χ2v) is 8.02. The highest BCUT2D eigenvalue weighted by atomic mass is 32.2. The number of methoxy groups -OCH3 is 1. The van der Waals surface area contributed by atoms with Gasteiger partial charge in [0.25, 0.3) is 0 Å². The normalized spacial score (nSPS) is 20.7. The Hall–Kier alpha value is -2.73. The van der Waals surface area contributed by atoms with Gasteiger partial charge in [0.15, 0.2) is 4.87 Å². The summed E-state index contributed by atoms with van der Waals surface area (Å²) in [6, 6.07) is 10.9. The number of urea groups is 1. The molecule has 1 saturated heterocycles. The van der Waals surface area contributed by atoms with Gasteiger partial charge < -0.3 is 9.47 Å². The lowest BCUT2D eigenvalue weighted by Crippen LogP contribution is -2.58. The van der Waals surface area contributed by atoms with E-state index in [9.17, 15) is 18.4 Å². The topological polar surface area (TPSA) is 97.1 Å². The summed E-state index contributed by atoms with van der Waals surface area (Å²) in [5, 5.41) is 1.06. The number of nitrogens with two attached hydrogens (primary N) is 1. The van der Waals surface area contributed by atoms with Gasteiger partial charge in [-0.1, -0.05) is 42.1 Å². The number of amides is 3. The largest absolute Gasteiger partial charge is 0.359 e. The van der Waals surface area contributed by atoms with Gasteiger partial charge in [0.05, 0.1) is 6.61 Å². The number of thioether (sulfide) groups is 1. The Morgan fingerprint density at radius 2 is 1.94 bits per heavy atom. The first-order valence-corrected chi connectivity index (χ1v) is 10.1. The summed E-state index contributed by atoms with van der Waals surface area (Å²) >= 11 is 1.05. The number of carbonyl (C=O) groups excluding carboxylic acids is 2. The minimum Gasteiger partial charge on any atom is -0.359 e. The Morgan fingerprint density at radius 3 is 2.55 bits per heavy atom. The lowest BCUT2D eigenvalue weighted by Gasteiger charge is -2.39. The zero-order chi connectivity index (χ0) is 22.6. The van der Waals surface area contributed by atoms with E-state index in [1.807, 2.05) is 5.43 Å². The molecule has 3 N–H and O–H groups in total. The van der Waals surface area contributed by atoms with E-state index in [0.717, 1.165) is 40.0 Å². The standard InChI is InChI=1S/C20H22F2N4O4S/c1-13(27)25-18(16-10-15(21)8-9-17(16)22)31-20(11-30-12-29-2,26(25)19(28)24-23)14-6-4-3-5-7-14/h3-10,18H,11-12,23H2,1-2H3,(H,24,28). The van der Waals surface area contributed by atoms with Gasteiger partial charge in [-0.3, -0.25) is 10.2 Å². The molecule has 1 fully saturated rings. The van der Waals surface area contributed by atoms with Gasteiger partial charge in [-0.25, -0.2) is 29.4 Å². The number of hydrogen-bond donors (Lipinski definition) is 2. The van der Waals surface area contributed by atoms with E-state index in [1.54, 1.807) is 30.3 Å². The second kappa shape index (κ2) is 9.60. The average molecular weight is 452 g/mol. The summed E-state index contributed by atoms with van der Waals surface area (Å²) in [5.74, 6) is 3.44. The minimum absolute atomic E-state index is 0.0910. The predicted octanol–water partition coefficient (Wildman–Crippen LogP) is 2.83. The number of rotatable bonds is 6. The second-order valence-electron chi connectivity index (χ2n) is 6.67. The smallest absolute Gasteiger partial charge is 0.352 e. The first-order valence-electron chi connectivity index (χ1n) is 9.21. The molecule has 0 aliphatic carbocycles. The van der Waals surface area contributed by atoms with Crippen LogP contribution in [-0.4, -0.2) is 42.5 Å². The molecule has 0 radical (unpaired) electrons. The number of halogens is 2. The molecule has 2 aromatic carbocycles. The maximum atomic E-state index is 14.7. The minimum atomic E-state index is -1.33. The third kappa shape index (κ3) is 4.35. The van der Waals surface area contributed by atoms with E-state index >= 15 is 0 Å². The van der Waals surface area contributed by atoms with E-state index in [2.05, 4.69) is 0 Å². The highest BCUT2D eigenvalue weighted by Gasteiger charge is 2.57. The van der Waals surface area contributed by atoms with Crippen LogP contribution in [0.15, 0.2) is 48.5 Å². The van der Waals surface area contributed by atoms with Crippen molar-refractivity contribution in [2.75, 3.05) is 20.5 Å². The fourth-order valence-electron chi connectivity index (χ4n) is 3.42. The molecule has 11 heteroatoms. The monoisotopic (exact) mass is 452 g/mol. The molecule has 3 amide bonds. The van der Waals surface area contributed by atoms with Crippen LogP contribution in [0.3, 0.4) is 0 Å². The third-order valence-electron chi connectivity index (χ3n) is 4.67. The van der Waals surface area contributed by atoms with Crippen molar-refractivity contribution >= 4 is 23.7 Å². The predicted molar refractivity (Wildman–Crippen MR) is 110 cm³/mol. The fraction of sp³-hybridized carbons (Fsp3) is 0.300. The summed E-state index contributed by atoms with van der Waals surface area (Å²) in [4.78, 5) is 24.2. The van der Waals surface area contributed by atoms with Gasteiger partial charge in [0, 0.05) is 19.6 Å². The molecular weight excluding hydrogens is 430 g/mol. The molecule has 1 aliphatic rings. The summed E-state index contributed by atoms with van der Waals surface area (Å²) in [5.41, 5.74) is 2.52. The number of carbonyl (C=O) groups is 2. The van der Waals surface area contributed by atoms with Crippen LogP contribution in [0.1, 0.15) is 23.4 Å². The molecule has 0 spiro atoms. The number of benzene rings is 2. The number of hydrogen-bond acceptors (Lipinski definition) is 6. The van der Waals surface area contributed by atoms with E-state index in [4.69, 9.17) is 15.3 Å². The molecule has 2 unspecified atom stereocenters. The molecule has 2 aromatic rings. The quantitative estimate of drug-likeness (QED) is 0.230. The molecular formula is C20H22F2N4O4S. The Kier molecular flexibility index (Phi) is 7.11. The Morgan fingerprint density at radius 1 is 1.23 bits per heavy atom. The van der Waals surface area contributed by atoms with Crippen molar-refractivity contribution in [1.82, 2.24) is 15.4 Å². The van der Waals surface area contributed by atoms with Crippen LogP contribution in [0.2, 0.25) is 0 Å². The van der Waals surface area contributed by atoms with Crippen LogP contribution in [0.4, 0.5) is 13.6 Å². The van der Waals surface area contributed by atoms with Crippen molar-refractivity contribution in [2.24, 2.45) is 5.84 Å². The summed E-state index contributed by atoms with van der Waals surface area (Å²) in [6.45, 7) is 1.01. The molecule has 0 saturated carbocycles. The van der Waals surface area contributed by atoms with Crippen LogP contribution >= 0.6 is 11.8 Å². The number of nitrogens with one attached hydrogen (secondary N) is 1. The van der Waals surface area contributed by atoms with Crippen LogP contribution in [-0.2, 0) is 19.1 Å². The van der Waals surface area contributed by atoms with Gasteiger partial charge >= 0.3 is 6.03 Å². The summed E-state index contributed by atoms with van der Waals surface area (Å²) in [6.07, 6.45) is 0. The van der Waals surface area contributed by atoms with Crippen molar-refractivity contribution in [3.05, 3.63) is 71.3 Å². The van der Waals surface area contributed by atoms with Gasteiger partial charge in [-0.05, 0) is 23.8 Å². The molecule has 0 bridgehead atoms. The van der Waals surface area contributed by atoms with Crippen molar-refractivity contribution in [3.63, 3.8) is 0 Å². The molecule has 3 rings (SSSR count). The van der Waals surface area contributed by atoms with E-state index < -0.39 is 33.8 Å². The molecule has 1 heterocycles. The first-order chi connectivity index (χ1) is 14.9. The molecule has 8 nitrogen and oxygen atoms in total. The Bertz CT molecular complexity index is 952. The van der Waals surface area contributed by atoms with E-state index in [1.165, 1.54) is 14.0 Å². The van der Waals surface area contributed by atoms with E-state index in [-0.39, 0.29) is 19.0 Å². The highest BCUT2D eigenvalue weighted by molar-refractivity contribution is 8.00. The lowest BCUT2D eigenvalue weighted by molar-refractivity contribution is -0.149. The molecule has 1 aliphatic heterocycles. The number of ether oxygens (including phenoxy) is 2. The van der Waals surface area contributed by atoms with Crippen molar-refractivity contribution in [1.29, 1.82) is 0 Å². The van der Waals surface area contributed by atoms with E-state index in [0.29, 0.717) is 5.56 Å². The molecule has 166 valence electrons. The number of nitrogens with zero attached hydrogens (tertiary/aromatic N) is 2. The maximum Gasteiger partial charge on any atom is 0.352 e. The maximum absolute atomic E-state index is 14.7. The van der Waals surface area contributed by atoms with Crippen molar-refractivity contribution < 1.29 is 27.8 Å². The Labute approximate surface area is 182 Å². The Balaban J connectivity index is 2.23. The van der Waals surface area contributed by atoms with Crippen molar-refractivity contribution in [3.8, 4) is 0 Å². The molecule has 2 atom stereocenters. The van der Waals surface area contributed by atoms with Crippen LogP contribution in [0.25, 0.3) is 0 Å². The summed E-state index contributed by atoms with van der Waals surface area (Å²) < 4.78 is 39.3. The SMILES string of the molecule is COCOCC1(c2ccccc2)SC(c2cc(F)ccc2F)N(C(C)=O)N1C(=O)NN. The van der Waals surface area contributed by atoms with Crippen LogP contribution in [0.5, 0.6) is 0 Å². The first kappa shape index (κ1) is 22.9. The van der Waals surface area contributed by atoms with Gasteiger partial charge in [-0.2, -0.15) is 0 Å². The summed E-state index contributed by atoms with van der Waals surface area (Å²) in [7, 11) is 1.44. The van der Waals surface area contributed by atoms with Crippen LogP contribution < -0.4 is 11.3 Å². The third-order valence-corrected chi connectivity index (χ3v) is 6.27. The molecule has 0 aromatic heterocycles. The molecule has 31 heavy (non-hydrogen) atoms. The fourth-order valence-corrected chi connectivity index (χ4v) is 5.14. The number of hydrazine groups is 2. The zero-order valence-corrected chi connectivity index (χ0v) is 17.7. The highest BCUT2D eigenvalue weighted by Crippen LogP contribution is 2.57. The van der Waals surface area contributed by atoms with Gasteiger partial charge in [0.1, 0.15) is 23.8 Å². The average Bonchev–Trinajstić information content (AvgIpc) is 3.12.